The Balaban J connectivity index is 5.62. The summed E-state index contributed by atoms with van der Waals surface area (Å²) >= 11 is 0. The standard InChI is InChI=1S/C6H6F8O8S2/c7-3(8,1-21-23(15,16)17)5(11,12)6(13,14)4(9,10)2-22-24(18,19)20/h1-2H2,(H,15,16,17)(H,18,19,20). The van der Waals surface area contributed by atoms with Crippen LogP contribution in [0.15, 0.2) is 0 Å². The highest BCUT2D eigenvalue weighted by Gasteiger charge is 2.80. The van der Waals surface area contributed by atoms with Crippen molar-refractivity contribution in [1.82, 2.24) is 0 Å². The lowest BCUT2D eigenvalue weighted by molar-refractivity contribution is -0.371. The van der Waals surface area contributed by atoms with Crippen LogP contribution >= 0.6 is 0 Å². The maximum Gasteiger partial charge on any atom is 0.397 e. The number of hydrogen-bond donors (Lipinski definition) is 2. The van der Waals surface area contributed by atoms with Crippen LogP contribution in [0.25, 0.3) is 0 Å². The fraction of sp³-hybridized carbons (Fsp3) is 1.00. The van der Waals surface area contributed by atoms with Crippen molar-refractivity contribution in [2.45, 2.75) is 23.7 Å². The maximum atomic E-state index is 13.1. The minimum atomic E-state index is -7.00. The minimum Gasteiger partial charge on any atom is -0.264 e. The van der Waals surface area contributed by atoms with Crippen LogP contribution in [-0.2, 0) is 29.2 Å². The second-order valence-electron chi connectivity index (χ2n) is 3.94. The van der Waals surface area contributed by atoms with Crippen LogP contribution in [0.4, 0.5) is 35.1 Å². The van der Waals surface area contributed by atoms with Crippen molar-refractivity contribution in [3.05, 3.63) is 0 Å². The summed E-state index contributed by atoms with van der Waals surface area (Å²) in [5.74, 6) is -26.5. The molecule has 0 unspecified atom stereocenters. The monoisotopic (exact) mass is 422 g/mol. The zero-order valence-corrected chi connectivity index (χ0v) is 12.2. The summed E-state index contributed by atoms with van der Waals surface area (Å²) in [6.45, 7) is -6.30. The summed E-state index contributed by atoms with van der Waals surface area (Å²) < 4.78 is 165. The van der Waals surface area contributed by atoms with E-state index in [0.29, 0.717) is 0 Å². The predicted molar refractivity (Wildman–Crippen MR) is 54.8 cm³/mol. The van der Waals surface area contributed by atoms with Crippen molar-refractivity contribution in [3.63, 3.8) is 0 Å². The van der Waals surface area contributed by atoms with Gasteiger partial charge in [0.05, 0.1) is 0 Å². The Morgan fingerprint density at radius 1 is 0.625 bits per heavy atom. The molecule has 0 spiro atoms. The molecule has 0 aromatic carbocycles. The first-order chi connectivity index (χ1) is 10.2. The van der Waals surface area contributed by atoms with Crippen molar-refractivity contribution in [2.24, 2.45) is 0 Å². The third-order valence-corrected chi connectivity index (χ3v) is 2.92. The molecule has 0 saturated heterocycles. The van der Waals surface area contributed by atoms with E-state index in [4.69, 9.17) is 9.11 Å². The molecule has 0 radical (unpaired) electrons. The van der Waals surface area contributed by atoms with Crippen LogP contribution in [0.1, 0.15) is 0 Å². The lowest BCUT2D eigenvalue weighted by atomic mass is 9.99. The Kier molecular flexibility index (Phi) is 6.26. The molecule has 2 N–H and O–H groups in total. The number of rotatable bonds is 9. The van der Waals surface area contributed by atoms with Gasteiger partial charge in [-0.1, -0.05) is 0 Å². The van der Waals surface area contributed by atoms with E-state index < -0.39 is 57.7 Å². The van der Waals surface area contributed by atoms with Crippen molar-refractivity contribution < 1.29 is 69.4 Å². The maximum absolute atomic E-state index is 13.1. The summed E-state index contributed by atoms with van der Waals surface area (Å²) in [5.41, 5.74) is 0. The molecule has 8 nitrogen and oxygen atoms in total. The molecule has 0 aliphatic rings. The smallest absolute Gasteiger partial charge is 0.264 e. The molecule has 0 heterocycles. The second kappa shape index (κ2) is 6.48. The molecule has 0 aromatic rings. The van der Waals surface area contributed by atoms with Gasteiger partial charge in [0.2, 0.25) is 0 Å². The van der Waals surface area contributed by atoms with E-state index in [-0.39, 0.29) is 0 Å². The predicted octanol–water partition coefficient (Wildman–Crippen LogP) is 1.17. The van der Waals surface area contributed by atoms with Crippen LogP contribution in [0.3, 0.4) is 0 Å². The average molecular weight is 422 g/mol. The van der Waals surface area contributed by atoms with Gasteiger partial charge in [-0.2, -0.15) is 52.0 Å². The second-order valence-corrected chi connectivity index (χ2v) is 6.12. The molecule has 0 aliphatic carbocycles. The molecule has 0 amide bonds. The molecule has 146 valence electrons. The quantitative estimate of drug-likeness (QED) is 0.419. The van der Waals surface area contributed by atoms with Gasteiger partial charge in [-0.05, 0) is 0 Å². The number of hydrogen-bond acceptors (Lipinski definition) is 6. The minimum absolute atomic E-state index is 2.75. The first kappa shape index (κ1) is 23.2. The van der Waals surface area contributed by atoms with Crippen LogP contribution in [-0.4, -0.2) is 62.8 Å². The molecule has 0 saturated carbocycles. The van der Waals surface area contributed by atoms with Crippen LogP contribution < -0.4 is 0 Å². The first-order valence-corrected chi connectivity index (χ1v) is 7.64. The molecule has 24 heavy (non-hydrogen) atoms. The number of halogens is 8. The van der Waals surface area contributed by atoms with Crippen LogP contribution in [0.2, 0.25) is 0 Å². The highest BCUT2D eigenvalue weighted by molar-refractivity contribution is 7.81. The number of alkyl halides is 8. The fourth-order valence-electron chi connectivity index (χ4n) is 0.938. The highest BCUT2D eigenvalue weighted by atomic mass is 32.3. The SMILES string of the molecule is O=S(=O)(O)OCC(F)(F)C(F)(F)C(F)(F)C(F)(F)COS(=O)(=O)O. The average Bonchev–Trinajstić information content (AvgIpc) is 2.32. The normalized spacial score (nSPS) is 15.6. The first-order valence-electron chi connectivity index (χ1n) is 4.91. The van der Waals surface area contributed by atoms with Gasteiger partial charge in [-0.3, -0.25) is 9.11 Å². The topological polar surface area (TPSA) is 127 Å². The van der Waals surface area contributed by atoms with E-state index in [9.17, 15) is 52.0 Å². The molecule has 0 rings (SSSR count). The third-order valence-electron chi connectivity index (χ3n) is 2.09. The Morgan fingerprint density at radius 3 is 1.00 bits per heavy atom. The zero-order valence-electron chi connectivity index (χ0n) is 10.6. The highest BCUT2D eigenvalue weighted by Crippen LogP contribution is 2.52. The van der Waals surface area contributed by atoms with Gasteiger partial charge < -0.3 is 0 Å². The molecular formula is C6H6F8O8S2. The summed E-state index contributed by atoms with van der Waals surface area (Å²) in [5, 5.41) is 0. The van der Waals surface area contributed by atoms with Crippen molar-refractivity contribution in [2.75, 3.05) is 13.2 Å². The van der Waals surface area contributed by atoms with E-state index in [0.717, 1.165) is 0 Å². The van der Waals surface area contributed by atoms with Crippen molar-refractivity contribution >= 4 is 20.8 Å². The van der Waals surface area contributed by atoms with Gasteiger partial charge in [0, 0.05) is 0 Å². The Labute approximate surface area is 128 Å². The molecular weight excluding hydrogens is 416 g/mol. The molecule has 0 bridgehead atoms. The zero-order chi connectivity index (χ0) is 19.8. The fourth-order valence-corrected chi connectivity index (χ4v) is 1.53. The van der Waals surface area contributed by atoms with E-state index in [2.05, 4.69) is 8.37 Å². The van der Waals surface area contributed by atoms with E-state index in [1.54, 1.807) is 0 Å². The summed E-state index contributed by atoms with van der Waals surface area (Å²) in [4.78, 5) is 0. The van der Waals surface area contributed by atoms with E-state index in [1.807, 2.05) is 0 Å². The lowest BCUT2D eigenvalue weighted by Crippen LogP contribution is -2.64. The Morgan fingerprint density at radius 2 is 0.833 bits per heavy atom. The summed E-state index contributed by atoms with van der Waals surface area (Å²) in [7, 11) is -11.6. The molecule has 0 atom stereocenters. The molecule has 0 fully saturated rings. The summed E-state index contributed by atoms with van der Waals surface area (Å²) in [6.07, 6.45) is 0. The largest absolute Gasteiger partial charge is 0.397 e. The van der Waals surface area contributed by atoms with Crippen molar-refractivity contribution in [3.8, 4) is 0 Å². The Hall–Kier alpha value is -0.820. The van der Waals surface area contributed by atoms with E-state index >= 15 is 0 Å². The van der Waals surface area contributed by atoms with Gasteiger partial charge in [0.1, 0.15) is 13.2 Å². The van der Waals surface area contributed by atoms with Gasteiger partial charge in [0.15, 0.2) is 0 Å². The van der Waals surface area contributed by atoms with Crippen LogP contribution in [0, 0.1) is 0 Å². The van der Waals surface area contributed by atoms with Gasteiger partial charge >= 0.3 is 44.5 Å². The van der Waals surface area contributed by atoms with Crippen LogP contribution in [0.5, 0.6) is 0 Å². The third kappa shape index (κ3) is 5.34. The molecule has 18 heteroatoms. The van der Waals surface area contributed by atoms with Gasteiger partial charge in [0.25, 0.3) is 0 Å². The lowest BCUT2D eigenvalue weighted by Gasteiger charge is -2.35. The van der Waals surface area contributed by atoms with Gasteiger partial charge in [-0.25, -0.2) is 8.37 Å². The Bertz CT molecular complexity index is 598. The summed E-state index contributed by atoms with van der Waals surface area (Å²) in [6, 6.07) is 0. The molecule has 0 aromatic heterocycles. The van der Waals surface area contributed by atoms with E-state index in [1.165, 1.54) is 0 Å². The van der Waals surface area contributed by atoms with Gasteiger partial charge in [-0.15, -0.1) is 0 Å². The molecule has 0 aliphatic heterocycles. The van der Waals surface area contributed by atoms with Crippen molar-refractivity contribution in [1.29, 1.82) is 0 Å².